The molecule has 0 saturated carbocycles. The third kappa shape index (κ3) is 2.04. The third-order valence-corrected chi connectivity index (χ3v) is 3.24. The van der Waals surface area contributed by atoms with Gasteiger partial charge in [-0.15, -0.1) is 0 Å². The van der Waals surface area contributed by atoms with E-state index in [1.807, 2.05) is 24.3 Å². The molecule has 3 nitrogen and oxygen atoms in total. The predicted octanol–water partition coefficient (Wildman–Crippen LogP) is 2.44. The van der Waals surface area contributed by atoms with Crippen molar-refractivity contribution in [1.82, 2.24) is 15.3 Å². The summed E-state index contributed by atoms with van der Waals surface area (Å²) < 4.78 is 0. The highest BCUT2D eigenvalue weighted by atomic mass is 35.5. The Morgan fingerprint density at radius 1 is 1.12 bits per heavy atom. The lowest BCUT2D eigenvalue weighted by Gasteiger charge is -2.18. The minimum absolute atomic E-state index is 0.745. The van der Waals surface area contributed by atoms with E-state index in [9.17, 15) is 0 Å². The fourth-order valence-corrected chi connectivity index (χ4v) is 2.25. The Balaban J connectivity index is 2.11. The molecule has 0 saturated heterocycles. The molecule has 0 atom stereocenters. The lowest BCUT2D eigenvalue weighted by Crippen LogP contribution is -2.25. The van der Waals surface area contributed by atoms with Gasteiger partial charge in [0.05, 0.1) is 11.4 Å². The smallest absolute Gasteiger partial charge is 0.116 e. The minimum atomic E-state index is 0.745. The molecule has 2 aromatic rings. The van der Waals surface area contributed by atoms with E-state index in [4.69, 9.17) is 11.6 Å². The van der Waals surface area contributed by atoms with Crippen molar-refractivity contribution in [1.29, 1.82) is 0 Å². The summed E-state index contributed by atoms with van der Waals surface area (Å²) in [4.78, 5) is 8.74. The topological polar surface area (TPSA) is 37.8 Å². The van der Waals surface area contributed by atoms with Crippen molar-refractivity contribution in [3.63, 3.8) is 0 Å². The first-order valence-electron chi connectivity index (χ1n) is 5.64. The molecular weight excluding hydrogens is 234 g/mol. The molecule has 17 heavy (non-hydrogen) atoms. The fourth-order valence-electron chi connectivity index (χ4n) is 2.13. The number of benzene rings is 1. The lowest BCUT2D eigenvalue weighted by atomic mass is 10.0. The zero-order valence-electron chi connectivity index (χ0n) is 9.28. The standard InChI is InChI=1S/C13H12ClN3/c14-10-3-1-9(2-4-10)13-11-7-15-6-5-12(11)16-8-17-13/h1-4,8,15H,5-7H2. The second-order valence-electron chi connectivity index (χ2n) is 4.08. The normalized spacial score (nSPS) is 14.4. The predicted molar refractivity (Wildman–Crippen MR) is 67.9 cm³/mol. The fraction of sp³-hybridized carbons (Fsp3) is 0.231. The highest BCUT2D eigenvalue weighted by Gasteiger charge is 2.15. The zero-order chi connectivity index (χ0) is 11.7. The molecule has 0 aliphatic carbocycles. The summed E-state index contributed by atoms with van der Waals surface area (Å²) in [6.07, 6.45) is 2.62. The Morgan fingerprint density at radius 3 is 2.76 bits per heavy atom. The van der Waals surface area contributed by atoms with E-state index in [0.717, 1.165) is 41.5 Å². The quantitative estimate of drug-likeness (QED) is 0.839. The molecule has 1 N–H and O–H groups in total. The van der Waals surface area contributed by atoms with Crippen LogP contribution >= 0.6 is 11.6 Å². The van der Waals surface area contributed by atoms with Crippen LogP contribution in [0.15, 0.2) is 30.6 Å². The average molecular weight is 246 g/mol. The number of hydrogen-bond donors (Lipinski definition) is 1. The van der Waals surface area contributed by atoms with Crippen LogP contribution in [0.1, 0.15) is 11.3 Å². The number of aromatic nitrogens is 2. The van der Waals surface area contributed by atoms with Gasteiger partial charge in [0.15, 0.2) is 0 Å². The molecule has 0 fully saturated rings. The van der Waals surface area contributed by atoms with E-state index < -0.39 is 0 Å². The molecule has 1 aromatic heterocycles. The van der Waals surface area contributed by atoms with Crippen LogP contribution in [0.3, 0.4) is 0 Å². The number of nitrogens with zero attached hydrogens (tertiary/aromatic N) is 2. The van der Waals surface area contributed by atoms with Crippen molar-refractivity contribution in [2.75, 3.05) is 6.54 Å². The van der Waals surface area contributed by atoms with Gasteiger partial charge in [0, 0.05) is 35.7 Å². The summed E-state index contributed by atoms with van der Waals surface area (Å²) in [7, 11) is 0. The summed E-state index contributed by atoms with van der Waals surface area (Å²) in [5, 5.41) is 4.10. The minimum Gasteiger partial charge on any atom is -0.312 e. The van der Waals surface area contributed by atoms with Crippen LogP contribution < -0.4 is 5.32 Å². The lowest BCUT2D eigenvalue weighted by molar-refractivity contribution is 0.627. The molecule has 1 aliphatic heterocycles. The maximum Gasteiger partial charge on any atom is 0.116 e. The van der Waals surface area contributed by atoms with Gasteiger partial charge in [0.25, 0.3) is 0 Å². The summed E-state index contributed by atoms with van der Waals surface area (Å²) in [5.74, 6) is 0. The van der Waals surface area contributed by atoms with Crippen LogP contribution in [0, 0.1) is 0 Å². The summed E-state index contributed by atoms with van der Waals surface area (Å²) in [6, 6.07) is 7.78. The number of hydrogen-bond acceptors (Lipinski definition) is 3. The van der Waals surface area contributed by atoms with Crippen LogP contribution in [0.4, 0.5) is 0 Å². The Labute approximate surface area is 105 Å². The molecule has 0 amide bonds. The molecule has 0 bridgehead atoms. The highest BCUT2D eigenvalue weighted by Crippen LogP contribution is 2.25. The van der Waals surface area contributed by atoms with E-state index in [0.29, 0.717) is 0 Å². The third-order valence-electron chi connectivity index (χ3n) is 2.99. The number of nitrogens with one attached hydrogen (secondary N) is 1. The first-order valence-corrected chi connectivity index (χ1v) is 6.02. The Morgan fingerprint density at radius 2 is 1.94 bits per heavy atom. The van der Waals surface area contributed by atoms with Gasteiger partial charge < -0.3 is 5.32 Å². The van der Waals surface area contributed by atoms with Crippen LogP contribution in [0.5, 0.6) is 0 Å². The molecule has 0 spiro atoms. The van der Waals surface area contributed by atoms with Gasteiger partial charge >= 0.3 is 0 Å². The Hall–Kier alpha value is -1.45. The summed E-state index contributed by atoms with van der Waals surface area (Å²) >= 11 is 5.90. The van der Waals surface area contributed by atoms with E-state index in [-0.39, 0.29) is 0 Å². The first-order chi connectivity index (χ1) is 8.34. The number of rotatable bonds is 1. The van der Waals surface area contributed by atoms with E-state index in [1.165, 1.54) is 5.56 Å². The van der Waals surface area contributed by atoms with Crippen molar-refractivity contribution >= 4 is 11.6 Å². The maximum absolute atomic E-state index is 5.90. The largest absolute Gasteiger partial charge is 0.312 e. The molecule has 1 aromatic carbocycles. The van der Waals surface area contributed by atoms with Gasteiger partial charge in [-0.05, 0) is 12.1 Å². The van der Waals surface area contributed by atoms with Crippen molar-refractivity contribution in [3.05, 3.63) is 46.9 Å². The molecule has 4 heteroatoms. The maximum atomic E-state index is 5.90. The van der Waals surface area contributed by atoms with Gasteiger partial charge in [0.1, 0.15) is 6.33 Å². The van der Waals surface area contributed by atoms with E-state index in [2.05, 4.69) is 15.3 Å². The van der Waals surface area contributed by atoms with Crippen LogP contribution in [-0.4, -0.2) is 16.5 Å². The van der Waals surface area contributed by atoms with Gasteiger partial charge in [-0.2, -0.15) is 0 Å². The van der Waals surface area contributed by atoms with Gasteiger partial charge in [-0.25, -0.2) is 9.97 Å². The molecule has 1 aliphatic rings. The monoisotopic (exact) mass is 245 g/mol. The molecule has 0 unspecified atom stereocenters. The molecule has 0 radical (unpaired) electrons. The van der Waals surface area contributed by atoms with Crippen molar-refractivity contribution in [3.8, 4) is 11.3 Å². The number of fused-ring (bicyclic) bond motifs is 1. The van der Waals surface area contributed by atoms with E-state index in [1.54, 1.807) is 6.33 Å². The van der Waals surface area contributed by atoms with Crippen molar-refractivity contribution in [2.45, 2.75) is 13.0 Å². The Kier molecular flexibility index (Phi) is 2.79. The van der Waals surface area contributed by atoms with Gasteiger partial charge in [-0.1, -0.05) is 23.7 Å². The molecule has 86 valence electrons. The highest BCUT2D eigenvalue weighted by molar-refractivity contribution is 6.30. The van der Waals surface area contributed by atoms with Gasteiger partial charge in [-0.3, -0.25) is 0 Å². The molecule has 2 heterocycles. The summed E-state index contributed by atoms with van der Waals surface area (Å²) in [5.41, 5.74) is 4.47. The van der Waals surface area contributed by atoms with Crippen LogP contribution in [0.2, 0.25) is 5.02 Å². The second kappa shape index (κ2) is 4.43. The van der Waals surface area contributed by atoms with E-state index >= 15 is 0 Å². The SMILES string of the molecule is Clc1ccc(-c2ncnc3c2CNCC3)cc1. The zero-order valence-corrected chi connectivity index (χ0v) is 10.0. The van der Waals surface area contributed by atoms with Gasteiger partial charge in [0.2, 0.25) is 0 Å². The van der Waals surface area contributed by atoms with Crippen LogP contribution in [-0.2, 0) is 13.0 Å². The van der Waals surface area contributed by atoms with Crippen molar-refractivity contribution in [2.24, 2.45) is 0 Å². The Bertz CT molecular complexity index is 537. The molecular formula is C13H12ClN3. The summed E-state index contributed by atoms with van der Waals surface area (Å²) in [6.45, 7) is 1.83. The number of halogens is 1. The average Bonchev–Trinajstić information content (AvgIpc) is 2.39. The second-order valence-corrected chi connectivity index (χ2v) is 4.52. The molecule has 3 rings (SSSR count). The van der Waals surface area contributed by atoms with Crippen LogP contribution in [0.25, 0.3) is 11.3 Å². The van der Waals surface area contributed by atoms with Crippen molar-refractivity contribution < 1.29 is 0 Å². The first kappa shape index (κ1) is 10.7.